The number of nitrogens with one attached hydrogen (secondary N) is 1. The first-order valence-corrected chi connectivity index (χ1v) is 8.50. The molecule has 0 aliphatic carbocycles. The fourth-order valence-electron chi connectivity index (χ4n) is 2.23. The second-order valence-corrected chi connectivity index (χ2v) is 7.17. The number of alkyl halides is 3. The highest BCUT2D eigenvalue weighted by atomic mass is 35.5. The van der Waals surface area contributed by atoms with Crippen molar-refractivity contribution in [3.05, 3.63) is 39.9 Å². The monoisotopic (exact) mass is 407 g/mol. The summed E-state index contributed by atoms with van der Waals surface area (Å²) in [7, 11) is 0. The average Bonchev–Trinajstić information content (AvgIpc) is 2.90. The molecule has 0 fully saturated rings. The fourth-order valence-corrected chi connectivity index (χ4v) is 3.59. The number of rotatable bonds is 3. The Morgan fingerprint density at radius 1 is 1.20 bits per heavy atom. The number of thioether (sulfide) groups is 1. The Bertz CT molecular complexity index is 924. The molecule has 0 bridgehead atoms. The Kier molecular flexibility index (Phi) is 4.74. The Hall–Kier alpha value is -1.71. The van der Waals surface area contributed by atoms with Crippen LogP contribution in [0.4, 0.5) is 19.0 Å². The molecule has 1 unspecified atom stereocenters. The maximum absolute atomic E-state index is 13.1. The molecule has 0 spiro atoms. The summed E-state index contributed by atoms with van der Waals surface area (Å²) in [6.07, 6.45) is -3.62. The number of H-pyrrole nitrogens is 1. The molecular formula is C14H10Cl2F3N5S. The minimum Gasteiger partial charge on any atom is -0.384 e. The molecule has 0 saturated carbocycles. The summed E-state index contributed by atoms with van der Waals surface area (Å²) in [5, 5.41) is 0.00784. The molecule has 132 valence electrons. The van der Waals surface area contributed by atoms with E-state index in [0.717, 1.165) is 18.0 Å². The summed E-state index contributed by atoms with van der Waals surface area (Å²) in [4.78, 5) is 14.7. The van der Waals surface area contributed by atoms with Gasteiger partial charge in [-0.2, -0.15) is 13.2 Å². The number of halogens is 5. The summed E-state index contributed by atoms with van der Waals surface area (Å²) in [6, 6.07) is 2.75. The molecule has 3 aromatic rings. The highest BCUT2D eigenvalue weighted by Crippen LogP contribution is 2.39. The molecule has 3 heterocycles. The zero-order chi connectivity index (χ0) is 18.4. The molecule has 1 atom stereocenters. The van der Waals surface area contributed by atoms with Crippen molar-refractivity contribution in [1.29, 1.82) is 0 Å². The van der Waals surface area contributed by atoms with Crippen molar-refractivity contribution in [3.8, 4) is 0 Å². The van der Waals surface area contributed by atoms with Crippen LogP contribution in [0.25, 0.3) is 10.9 Å². The number of anilines is 1. The van der Waals surface area contributed by atoms with Gasteiger partial charge in [0.2, 0.25) is 0 Å². The normalized spacial score (nSPS) is 13.4. The molecule has 0 amide bonds. The van der Waals surface area contributed by atoms with E-state index in [1.807, 2.05) is 0 Å². The van der Waals surface area contributed by atoms with Crippen molar-refractivity contribution < 1.29 is 13.2 Å². The summed E-state index contributed by atoms with van der Waals surface area (Å²) in [6.45, 7) is 1.75. The predicted molar refractivity (Wildman–Crippen MR) is 91.8 cm³/mol. The Morgan fingerprint density at radius 2 is 1.92 bits per heavy atom. The quantitative estimate of drug-likeness (QED) is 0.272. The lowest BCUT2D eigenvalue weighted by Crippen LogP contribution is -2.04. The number of pyridine rings is 1. The minimum atomic E-state index is -4.50. The summed E-state index contributed by atoms with van der Waals surface area (Å²) < 4.78 is 39.3. The number of nitrogens with two attached hydrogens (primary N) is 1. The summed E-state index contributed by atoms with van der Waals surface area (Å²) >= 11 is 13.0. The lowest BCUT2D eigenvalue weighted by atomic mass is 10.1. The third-order valence-electron chi connectivity index (χ3n) is 3.34. The van der Waals surface area contributed by atoms with Crippen molar-refractivity contribution >= 4 is 51.7 Å². The Balaban J connectivity index is 2.00. The number of nitrogens with zero attached hydrogens (tertiary/aromatic N) is 3. The molecular weight excluding hydrogens is 398 g/mol. The van der Waals surface area contributed by atoms with Crippen LogP contribution in [0.15, 0.2) is 23.5 Å². The average molecular weight is 408 g/mol. The van der Waals surface area contributed by atoms with Crippen molar-refractivity contribution in [2.24, 2.45) is 0 Å². The lowest BCUT2D eigenvalue weighted by Gasteiger charge is -2.12. The first-order chi connectivity index (χ1) is 11.6. The van der Waals surface area contributed by atoms with E-state index >= 15 is 0 Å². The number of aromatic amines is 1. The van der Waals surface area contributed by atoms with Gasteiger partial charge < -0.3 is 10.7 Å². The predicted octanol–water partition coefficient (Wildman–Crippen LogP) is 5.11. The second kappa shape index (κ2) is 6.54. The van der Waals surface area contributed by atoms with Crippen molar-refractivity contribution in [3.63, 3.8) is 0 Å². The van der Waals surface area contributed by atoms with E-state index in [9.17, 15) is 13.2 Å². The van der Waals surface area contributed by atoms with Gasteiger partial charge in [-0.25, -0.2) is 15.0 Å². The van der Waals surface area contributed by atoms with Crippen molar-refractivity contribution in [2.45, 2.75) is 23.5 Å². The standard InChI is InChI=1S/C14H10Cl2F3N5S/c1-5(25-13-23-9(15)3-10(20)24-13)8-2-6-7(14(17,18)19)4-21-11(6)12(16)22-8/h2-5,21H,1H3,(H2,20,23,24). The largest absolute Gasteiger partial charge is 0.418 e. The number of hydrogen-bond acceptors (Lipinski definition) is 5. The molecule has 0 aliphatic rings. The van der Waals surface area contributed by atoms with Gasteiger partial charge >= 0.3 is 6.18 Å². The summed E-state index contributed by atoms with van der Waals surface area (Å²) in [5.74, 6) is 0.195. The molecule has 0 aromatic carbocycles. The van der Waals surface area contributed by atoms with Gasteiger partial charge in [-0.05, 0) is 13.0 Å². The minimum absolute atomic E-state index is 0.0398. The van der Waals surface area contributed by atoms with Crippen molar-refractivity contribution in [2.75, 3.05) is 5.73 Å². The van der Waals surface area contributed by atoms with Gasteiger partial charge in [0.25, 0.3) is 0 Å². The molecule has 0 saturated heterocycles. The summed E-state index contributed by atoms with van der Waals surface area (Å²) in [5.41, 5.74) is 5.31. The van der Waals surface area contributed by atoms with E-state index in [2.05, 4.69) is 19.9 Å². The van der Waals surface area contributed by atoms with E-state index in [-0.39, 0.29) is 32.3 Å². The molecule has 5 nitrogen and oxygen atoms in total. The third-order valence-corrected chi connectivity index (χ3v) is 4.80. The highest BCUT2D eigenvalue weighted by molar-refractivity contribution is 7.99. The molecule has 3 N–H and O–H groups in total. The lowest BCUT2D eigenvalue weighted by molar-refractivity contribution is -0.136. The van der Waals surface area contributed by atoms with Gasteiger partial charge in [-0.3, -0.25) is 0 Å². The first kappa shape index (κ1) is 18.1. The van der Waals surface area contributed by atoms with Crippen LogP contribution in [-0.4, -0.2) is 19.9 Å². The molecule has 0 aliphatic heterocycles. The van der Waals surface area contributed by atoms with Crippen LogP contribution in [-0.2, 0) is 6.18 Å². The van der Waals surface area contributed by atoms with E-state index in [4.69, 9.17) is 28.9 Å². The SMILES string of the molecule is CC(Sc1nc(N)cc(Cl)n1)c1cc2c(C(F)(F)F)c[nH]c2c(Cl)n1. The molecule has 0 radical (unpaired) electrons. The van der Waals surface area contributed by atoms with Crippen LogP contribution in [0.1, 0.15) is 23.4 Å². The molecule has 25 heavy (non-hydrogen) atoms. The fraction of sp³-hybridized carbons (Fsp3) is 0.214. The maximum Gasteiger partial charge on any atom is 0.418 e. The number of fused-ring (bicyclic) bond motifs is 1. The van der Waals surface area contributed by atoms with Crippen LogP contribution in [0.5, 0.6) is 0 Å². The van der Waals surface area contributed by atoms with Gasteiger partial charge in [-0.15, -0.1) is 0 Å². The van der Waals surface area contributed by atoms with Crippen LogP contribution in [0.3, 0.4) is 0 Å². The Morgan fingerprint density at radius 3 is 2.56 bits per heavy atom. The van der Waals surface area contributed by atoms with Crippen LogP contribution < -0.4 is 5.73 Å². The smallest absolute Gasteiger partial charge is 0.384 e. The van der Waals surface area contributed by atoms with Crippen LogP contribution in [0.2, 0.25) is 10.3 Å². The van der Waals surface area contributed by atoms with Gasteiger partial charge in [0.05, 0.1) is 22.0 Å². The number of hydrogen-bond donors (Lipinski definition) is 2. The third kappa shape index (κ3) is 3.78. The van der Waals surface area contributed by atoms with Crippen LogP contribution in [0, 0.1) is 0 Å². The van der Waals surface area contributed by atoms with E-state index < -0.39 is 11.7 Å². The molecule has 3 rings (SSSR count). The van der Waals surface area contributed by atoms with Gasteiger partial charge in [0.1, 0.15) is 11.0 Å². The topological polar surface area (TPSA) is 80.5 Å². The second-order valence-electron chi connectivity index (χ2n) is 5.12. The molecule has 3 aromatic heterocycles. The zero-order valence-electron chi connectivity index (χ0n) is 12.5. The maximum atomic E-state index is 13.1. The Labute approximate surface area is 154 Å². The van der Waals surface area contributed by atoms with Crippen LogP contribution >= 0.6 is 35.0 Å². The van der Waals surface area contributed by atoms with E-state index in [1.165, 1.54) is 12.1 Å². The van der Waals surface area contributed by atoms with Crippen molar-refractivity contribution in [1.82, 2.24) is 19.9 Å². The van der Waals surface area contributed by atoms with E-state index in [1.54, 1.807) is 6.92 Å². The zero-order valence-corrected chi connectivity index (χ0v) is 14.9. The number of nitrogen functional groups attached to an aromatic ring is 1. The molecule has 11 heteroatoms. The first-order valence-electron chi connectivity index (χ1n) is 6.86. The van der Waals surface area contributed by atoms with Gasteiger partial charge in [0, 0.05) is 17.6 Å². The van der Waals surface area contributed by atoms with Gasteiger partial charge in [-0.1, -0.05) is 35.0 Å². The van der Waals surface area contributed by atoms with Gasteiger partial charge in [0.15, 0.2) is 10.3 Å². The highest BCUT2D eigenvalue weighted by Gasteiger charge is 2.34. The number of aromatic nitrogens is 4. The van der Waals surface area contributed by atoms with E-state index in [0.29, 0.717) is 10.9 Å².